The Morgan fingerprint density at radius 2 is 1.85 bits per heavy atom. The van der Waals surface area contributed by atoms with E-state index in [1.807, 2.05) is 19.9 Å². The van der Waals surface area contributed by atoms with Gasteiger partial charge in [0.25, 0.3) is 0 Å². The first-order chi connectivity index (χ1) is 12.8. The third-order valence-electron chi connectivity index (χ3n) is 6.18. The third-order valence-corrected chi connectivity index (χ3v) is 7.65. The summed E-state index contributed by atoms with van der Waals surface area (Å²) >= 11 is 2.11. The Morgan fingerprint density at radius 1 is 1.04 bits per heavy atom. The van der Waals surface area contributed by atoms with Crippen molar-refractivity contribution >= 4 is 17.7 Å². The molecule has 1 aromatic carbocycles. The van der Waals surface area contributed by atoms with Gasteiger partial charge in [0.2, 0.25) is 0 Å². The Kier molecular flexibility index (Phi) is 5.61. The number of ether oxygens (including phenoxy) is 2. The Morgan fingerprint density at radius 3 is 2.58 bits per heavy atom. The predicted molar refractivity (Wildman–Crippen MR) is 105 cm³/mol. The highest BCUT2D eigenvalue weighted by molar-refractivity contribution is 8.07. The zero-order chi connectivity index (χ0) is 18.1. The molecule has 1 aromatic rings. The van der Waals surface area contributed by atoms with Crippen molar-refractivity contribution in [2.24, 2.45) is 11.8 Å². The lowest BCUT2D eigenvalue weighted by Gasteiger charge is -2.31. The van der Waals surface area contributed by atoms with Gasteiger partial charge in [-0.1, -0.05) is 44.2 Å². The molecule has 5 rings (SSSR count). The van der Waals surface area contributed by atoms with Crippen LogP contribution >= 0.6 is 11.8 Å². The van der Waals surface area contributed by atoms with E-state index >= 15 is 0 Å². The molecule has 3 nitrogen and oxygen atoms in total. The molecular formula is C22H30O3S. The first kappa shape index (κ1) is 18.4. The predicted octanol–water partition coefficient (Wildman–Crippen LogP) is 5.15. The topological polar surface area (TPSA) is 38.8 Å². The van der Waals surface area contributed by atoms with Crippen molar-refractivity contribution < 1.29 is 14.3 Å². The molecule has 0 N–H and O–H groups in total. The first-order valence-electron chi connectivity index (χ1n) is 10.3. The molecule has 2 saturated carbocycles. The molecule has 26 heavy (non-hydrogen) atoms. The van der Waals surface area contributed by atoms with Crippen LogP contribution in [0.3, 0.4) is 0 Å². The molecule has 0 spiro atoms. The standard InChI is InChI=1S/C20H24O3S.C2H6/c21-20(14-6-8-15-16(10-14)22-15)23-19(12-4-2-1-3-5-12)13-7-9-17-18(11-13)24-17;1-2/h1-5,13-19H,6-11H2;1-2H3. The van der Waals surface area contributed by atoms with E-state index in [2.05, 4.69) is 36.0 Å². The lowest BCUT2D eigenvalue weighted by atomic mass is 9.82. The fraction of sp³-hybridized carbons (Fsp3) is 0.682. The number of fused-ring (bicyclic) bond motifs is 2. The van der Waals surface area contributed by atoms with Gasteiger partial charge in [-0.3, -0.25) is 4.79 Å². The molecule has 2 heterocycles. The van der Waals surface area contributed by atoms with Crippen molar-refractivity contribution in [2.75, 3.05) is 0 Å². The number of carbonyl (C=O) groups excluding carboxylic acids is 1. The molecule has 4 heteroatoms. The average molecular weight is 375 g/mol. The van der Waals surface area contributed by atoms with E-state index in [-0.39, 0.29) is 18.0 Å². The van der Waals surface area contributed by atoms with E-state index in [1.165, 1.54) is 19.3 Å². The van der Waals surface area contributed by atoms with Crippen molar-refractivity contribution in [1.29, 1.82) is 0 Å². The van der Waals surface area contributed by atoms with E-state index in [0.29, 0.717) is 18.1 Å². The highest BCUT2D eigenvalue weighted by atomic mass is 32.2. The highest BCUT2D eigenvalue weighted by Crippen LogP contribution is 2.55. The van der Waals surface area contributed by atoms with Crippen LogP contribution in [-0.4, -0.2) is 28.7 Å². The summed E-state index contributed by atoms with van der Waals surface area (Å²) in [5, 5.41) is 1.69. The molecule has 2 aliphatic carbocycles. The van der Waals surface area contributed by atoms with Crippen molar-refractivity contribution in [2.45, 2.75) is 81.2 Å². The van der Waals surface area contributed by atoms with Crippen LogP contribution in [0.25, 0.3) is 0 Å². The summed E-state index contributed by atoms with van der Waals surface area (Å²) < 4.78 is 11.7. The summed E-state index contributed by atoms with van der Waals surface area (Å²) in [7, 11) is 0. The Labute approximate surface area is 161 Å². The lowest BCUT2D eigenvalue weighted by Crippen LogP contribution is -2.29. The maximum atomic E-state index is 12.8. The molecule has 0 amide bonds. The number of benzene rings is 1. The van der Waals surface area contributed by atoms with E-state index in [4.69, 9.17) is 9.47 Å². The number of epoxide rings is 1. The summed E-state index contributed by atoms with van der Waals surface area (Å²) in [6.45, 7) is 4.00. The number of hydrogen-bond acceptors (Lipinski definition) is 4. The number of esters is 1. The van der Waals surface area contributed by atoms with Gasteiger partial charge in [0.05, 0.1) is 18.1 Å². The fourth-order valence-corrected chi connectivity index (χ4v) is 5.86. The van der Waals surface area contributed by atoms with Gasteiger partial charge in [-0.2, -0.15) is 11.8 Å². The smallest absolute Gasteiger partial charge is 0.309 e. The van der Waals surface area contributed by atoms with Crippen molar-refractivity contribution in [3.05, 3.63) is 35.9 Å². The minimum atomic E-state index is -0.0707. The van der Waals surface area contributed by atoms with Crippen LogP contribution in [0.5, 0.6) is 0 Å². The second kappa shape index (κ2) is 7.93. The second-order valence-electron chi connectivity index (χ2n) is 7.78. The highest BCUT2D eigenvalue weighted by Gasteiger charge is 2.48. The SMILES string of the molecule is CC.O=C(OC(c1ccccc1)C1CCC2SC2C1)C1CCC2OC2C1. The Hall–Kier alpha value is -1.00. The number of rotatable bonds is 4. The van der Waals surface area contributed by atoms with Gasteiger partial charge in [-0.15, -0.1) is 0 Å². The summed E-state index contributed by atoms with van der Waals surface area (Å²) in [6, 6.07) is 10.4. The minimum Gasteiger partial charge on any atom is -0.457 e. The zero-order valence-corrected chi connectivity index (χ0v) is 16.6. The van der Waals surface area contributed by atoms with Crippen molar-refractivity contribution in [1.82, 2.24) is 0 Å². The zero-order valence-electron chi connectivity index (χ0n) is 15.8. The molecule has 4 aliphatic rings. The quantitative estimate of drug-likeness (QED) is 0.540. The average Bonchev–Trinajstić information content (AvgIpc) is 3.61. The maximum Gasteiger partial charge on any atom is 0.309 e. The van der Waals surface area contributed by atoms with Crippen LogP contribution < -0.4 is 0 Å². The first-order valence-corrected chi connectivity index (χ1v) is 11.3. The number of thioether (sulfide) groups is 1. The lowest BCUT2D eigenvalue weighted by molar-refractivity contribution is -0.159. The summed E-state index contributed by atoms with van der Waals surface area (Å²) in [5.74, 6) is 0.510. The number of carbonyl (C=O) groups is 1. The summed E-state index contributed by atoms with van der Waals surface area (Å²) in [4.78, 5) is 12.8. The summed E-state index contributed by atoms with van der Waals surface area (Å²) in [6.07, 6.45) is 7.14. The third kappa shape index (κ3) is 3.96. The largest absolute Gasteiger partial charge is 0.457 e. The van der Waals surface area contributed by atoms with Gasteiger partial charge >= 0.3 is 5.97 Å². The Bertz CT molecular complexity index is 619. The molecule has 142 valence electrons. The molecule has 2 aliphatic heterocycles. The molecule has 4 fully saturated rings. The molecule has 0 bridgehead atoms. The fourth-order valence-electron chi connectivity index (χ4n) is 4.63. The van der Waals surface area contributed by atoms with Crippen LogP contribution in [-0.2, 0) is 14.3 Å². The molecule has 7 unspecified atom stereocenters. The van der Waals surface area contributed by atoms with Crippen LogP contribution in [0.1, 0.15) is 64.0 Å². The molecule has 0 radical (unpaired) electrons. The second-order valence-corrected chi connectivity index (χ2v) is 9.26. The van der Waals surface area contributed by atoms with Crippen molar-refractivity contribution in [3.63, 3.8) is 0 Å². The van der Waals surface area contributed by atoms with Gasteiger partial charge in [-0.25, -0.2) is 0 Å². The monoisotopic (exact) mass is 374 g/mol. The van der Waals surface area contributed by atoms with E-state index in [9.17, 15) is 4.79 Å². The molecule has 2 saturated heterocycles. The van der Waals surface area contributed by atoms with Crippen LogP contribution in [0.15, 0.2) is 30.3 Å². The van der Waals surface area contributed by atoms with Crippen LogP contribution in [0.4, 0.5) is 0 Å². The van der Waals surface area contributed by atoms with Crippen molar-refractivity contribution in [3.8, 4) is 0 Å². The van der Waals surface area contributed by atoms with Gasteiger partial charge in [0.15, 0.2) is 0 Å². The molecular weight excluding hydrogens is 344 g/mol. The summed E-state index contributed by atoms with van der Waals surface area (Å²) in [5.41, 5.74) is 1.16. The van der Waals surface area contributed by atoms with E-state index in [0.717, 1.165) is 35.3 Å². The van der Waals surface area contributed by atoms with Crippen LogP contribution in [0.2, 0.25) is 0 Å². The number of hydrogen-bond donors (Lipinski definition) is 0. The molecule has 7 atom stereocenters. The van der Waals surface area contributed by atoms with Gasteiger partial charge in [-0.05, 0) is 44.1 Å². The maximum absolute atomic E-state index is 12.8. The van der Waals surface area contributed by atoms with E-state index in [1.54, 1.807) is 0 Å². The minimum absolute atomic E-state index is 0.00313. The van der Waals surface area contributed by atoms with Gasteiger partial charge in [0, 0.05) is 16.4 Å². The van der Waals surface area contributed by atoms with Crippen LogP contribution in [0, 0.1) is 11.8 Å². The normalized spacial score (nSPS) is 37.9. The van der Waals surface area contributed by atoms with Gasteiger partial charge < -0.3 is 9.47 Å². The van der Waals surface area contributed by atoms with E-state index < -0.39 is 0 Å². The van der Waals surface area contributed by atoms with Gasteiger partial charge in [0.1, 0.15) is 6.10 Å². The Balaban J connectivity index is 0.000000814. The molecule has 0 aromatic heterocycles.